The number of carbonyl (C=O) groups excluding carboxylic acids is 1. The van der Waals surface area contributed by atoms with Crippen LogP contribution in [0.25, 0.3) is 6.08 Å². The fourth-order valence-corrected chi connectivity index (χ4v) is 3.35. The minimum Gasteiger partial charge on any atom is -0.494 e. The van der Waals surface area contributed by atoms with E-state index in [4.69, 9.17) is 22.1 Å². The van der Waals surface area contributed by atoms with Crippen LogP contribution in [0.15, 0.2) is 29.2 Å². The second kappa shape index (κ2) is 8.84. The molecule has 0 atom stereocenters. The molecule has 0 aliphatic carbocycles. The number of rotatable bonds is 8. The zero-order valence-electron chi connectivity index (χ0n) is 13.4. The summed E-state index contributed by atoms with van der Waals surface area (Å²) in [5, 5.41) is 8.74. The van der Waals surface area contributed by atoms with E-state index in [0.29, 0.717) is 15.8 Å². The first-order valence-corrected chi connectivity index (χ1v) is 8.93. The largest absolute Gasteiger partial charge is 0.494 e. The Labute approximate surface area is 150 Å². The molecule has 0 bridgehead atoms. The first kappa shape index (κ1) is 18.5. The Morgan fingerprint density at radius 2 is 2.08 bits per heavy atom. The molecule has 24 heavy (non-hydrogen) atoms. The number of ether oxygens (including phenoxy) is 1. The highest BCUT2D eigenvalue weighted by Gasteiger charge is 2.31. The third-order valence-corrected chi connectivity index (χ3v) is 4.75. The zero-order valence-corrected chi connectivity index (χ0v) is 15.0. The maximum absolute atomic E-state index is 12.3. The van der Waals surface area contributed by atoms with E-state index >= 15 is 0 Å². The number of carboxylic acids is 1. The number of carbonyl (C=O) groups is 2. The number of benzene rings is 1. The van der Waals surface area contributed by atoms with Gasteiger partial charge < -0.3 is 9.84 Å². The average Bonchev–Trinajstić information content (AvgIpc) is 2.81. The second-order valence-electron chi connectivity index (χ2n) is 5.25. The Kier molecular flexibility index (Phi) is 6.81. The van der Waals surface area contributed by atoms with E-state index in [0.717, 1.165) is 24.2 Å². The van der Waals surface area contributed by atoms with Gasteiger partial charge in [-0.2, -0.15) is 0 Å². The molecule has 0 unspecified atom stereocenters. The fraction of sp³-hybridized carbons (Fsp3) is 0.353. The van der Waals surface area contributed by atoms with Crippen LogP contribution in [0.1, 0.15) is 31.7 Å². The maximum atomic E-state index is 12.3. The van der Waals surface area contributed by atoms with Crippen LogP contribution >= 0.6 is 24.0 Å². The van der Waals surface area contributed by atoms with Crippen molar-refractivity contribution < 1.29 is 19.4 Å². The molecule has 1 aliphatic heterocycles. The van der Waals surface area contributed by atoms with E-state index in [2.05, 4.69) is 6.92 Å². The number of thioether (sulfide) groups is 1. The van der Waals surface area contributed by atoms with Crippen LogP contribution < -0.4 is 4.74 Å². The molecule has 1 saturated heterocycles. The SMILES string of the molecule is CCCCOc1ccc(C=C2SC(=S)N(CCC(=O)O)C2=O)cc1. The zero-order chi connectivity index (χ0) is 17.5. The minimum absolute atomic E-state index is 0.0988. The number of unbranched alkanes of at least 4 members (excludes halogenated alkanes) is 1. The molecule has 1 N–H and O–H groups in total. The molecule has 7 heteroatoms. The van der Waals surface area contributed by atoms with Crippen LogP contribution in [0.3, 0.4) is 0 Å². The summed E-state index contributed by atoms with van der Waals surface area (Å²) in [5.41, 5.74) is 0.872. The van der Waals surface area contributed by atoms with Gasteiger partial charge in [-0.25, -0.2) is 0 Å². The van der Waals surface area contributed by atoms with Crippen molar-refractivity contribution in [2.24, 2.45) is 0 Å². The molecule has 1 aromatic carbocycles. The number of nitrogens with zero attached hydrogens (tertiary/aromatic N) is 1. The van der Waals surface area contributed by atoms with Crippen LogP contribution in [-0.2, 0) is 9.59 Å². The van der Waals surface area contributed by atoms with Crippen molar-refractivity contribution in [3.63, 3.8) is 0 Å². The van der Waals surface area contributed by atoms with Crippen molar-refractivity contribution in [2.75, 3.05) is 13.2 Å². The lowest BCUT2D eigenvalue weighted by molar-refractivity contribution is -0.137. The molecule has 1 fully saturated rings. The van der Waals surface area contributed by atoms with Crippen LogP contribution in [0.5, 0.6) is 5.75 Å². The van der Waals surface area contributed by atoms with E-state index < -0.39 is 5.97 Å². The lowest BCUT2D eigenvalue weighted by Gasteiger charge is -2.12. The average molecular weight is 365 g/mol. The highest BCUT2D eigenvalue weighted by atomic mass is 32.2. The van der Waals surface area contributed by atoms with Gasteiger partial charge in [0, 0.05) is 6.54 Å². The lowest BCUT2D eigenvalue weighted by Crippen LogP contribution is -2.30. The van der Waals surface area contributed by atoms with Crippen molar-refractivity contribution in [1.82, 2.24) is 4.90 Å². The summed E-state index contributed by atoms with van der Waals surface area (Å²) in [6.07, 6.45) is 3.74. The first-order chi connectivity index (χ1) is 11.5. The predicted molar refractivity (Wildman–Crippen MR) is 99.0 cm³/mol. The summed E-state index contributed by atoms with van der Waals surface area (Å²) in [4.78, 5) is 24.8. The van der Waals surface area contributed by atoms with E-state index in [-0.39, 0.29) is 18.9 Å². The molecule has 0 aromatic heterocycles. The molecule has 0 spiro atoms. The molecule has 5 nitrogen and oxygen atoms in total. The third kappa shape index (κ3) is 5.07. The summed E-state index contributed by atoms with van der Waals surface area (Å²) in [6.45, 7) is 2.90. The highest BCUT2D eigenvalue weighted by molar-refractivity contribution is 8.26. The summed E-state index contributed by atoms with van der Waals surface area (Å²) in [5.74, 6) is -0.393. The number of aliphatic carboxylic acids is 1. The molecule has 1 aliphatic rings. The fourth-order valence-electron chi connectivity index (χ4n) is 2.05. The Hall–Kier alpha value is -1.86. The summed E-state index contributed by atoms with van der Waals surface area (Å²) in [6, 6.07) is 7.50. The monoisotopic (exact) mass is 365 g/mol. The third-order valence-electron chi connectivity index (χ3n) is 3.37. The van der Waals surface area contributed by atoms with Crippen molar-refractivity contribution in [3.8, 4) is 5.75 Å². The molecule has 1 aromatic rings. The quantitative estimate of drug-likeness (QED) is 0.432. The normalized spacial score (nSPS) is 16.0. The number of thiocarbonyl (C=S) groups is 1. The lowest BCUT2D eigenvalue weighted by atomic mass is 10.2. The molecule has 0 saturated carbocycles. The number of amides is 1. The Morgan fingerprint density at radius 3 is 2.71 bits per heavy atom. The van der Waals surface area contributed by atoms with Gasteiger partial charge in [0.25, 0.3) is 5.91 Å². The van der Waals surface area contributed by atoms with Gasteiger partial charge in [-0.3, -0.25) is 14.5 Å². The van der Waals surface area contributed by atoms with Crippen molar-refractivity contribution >= 4 is 46.3 Å². The summed E-state index contributed by atoms with van der Waals surface area (Å²) in [7, 11) is 0. The van der Waals surface area contributed by atoms with Crippen molar-refractivity contribution in [1.29, 1.82) is 0 Å². The second-order valence-corrected chi connectivity index (χ2v) is 6.92. The van der Waals surface area contributed by atoms with Gasteiger partial charge in [0.1, 0.15) is 10.1 Å². The van der Waals surface area contributed by atoms with Gasteiger partial charge in [-0.1, -0.05) is 49.5 Å². The number of hydrogen-bond donors (Lipinski definition) is 1. The highest BCUT2D eigenvalue weighted by Crippen LogP contribution is 2.32. The van der Waals surface area contributed by atoms with Crippen LogP contribution in [0, 0.1) is 0 Å². The summed E-state index contributed by atoms with van der Waals surface area (Å²) < 4.78 is 6.00. The van der Waals surface area contributed by atoms with Gasteiger partial charge in [0.15, 0.2) is 0 Å². The van der Waals surface area contributed by atoms with Gasteiger partial charge in [-0.15, -0.1) is 0 Å². The molecular formula is C17H19NO4S2. The van der Waals surface area contributed by atoms with Crippen LogP contribution in [0.2, 0.25) is 0 Å². The molecule has 2 rings (SSSR count). The van der Waals surface area contributed by atoms with Crippen LogP contribution in [-0.4, -0.2) is 39.4 Å². The summed E-state index contributed by atoms with van der Waals surface area (Å²) >= 11 is 6.35. The van der Waals surface area contributed by atoms with E-state index in [1.807, 2.05) is 24.3 Å². The standard InChI is InChI=1S/C17H19NO4S2/c1-2-3-10-22-13-6-4-12(5-7-13)11-14-16(21)18(17(23)24-14)9-8-15(19)20/h4-7,11H,2-3,8-10H2,1H3,(H,19,20). The predicted octanol–water partition coefficient (Wildman–Crippen LogP) is 3.54. The first-order valence-electron chi connectivity index (χ1n) is 7.71. The molecule has 1 amide bonds. The number of hydrogen-bond acceptors (Lipinski definition) is 5. The van der Waals surface area contributed by atoms with Gasteiger partial charge in [0.05, 0.1) is 17.9 Å². The Morgan fingerprint density at radius 1 is 1.38 bits per heavy atom. The van der Waals surface area contributed by atoms with Gasteiger partial charge in [-0.05, 0) is 30.2 Å². The van der Waals surface area contributed by atoms with Gasteiger partial charge >= 0.3 is 5.97 Å². The van der Waals surface area contributed by atoms with Crippen molar-refractivity contribution in [2.45, 2.75) is 26.2 Å². The number of carboxylic acid groups (broad SMARTS) is 1. The topological polar surface area (TPSA) is 66.8 Å². The molecular weight excluding hydrogens is 346 g/mol. The van der Waals surface area contributed by atoms with Crippen molar-refractivity contribution in [3.05, 3.63) is 34.7 Å². The van der Waals surface area contributed by atoms with E-state index in [1.54, 1.807) is 6.08 Å². The maximum Gasteiger partial charge on any atom is 0.305 e. The van der Waals surface area contributed by atoms with E-state index in [9.17, 15) is 9.59 Å². The van der Waals surface area contributed by atoms with Crippen LogP contribution in [0.4, 0.5) is 0 Å². The Bertz CT molecular complexity index is 655. The smallest absolute Gasteiger partial charge is 0.305 e. The van der Waals surface area contributed by atoms with Gasteiger partial charge in [0.2, 0.25) is 0 Å². The van der Waals surface area contributed by atoms with E-state index in [1.165, 1.54) is 16.7 Å². The molecule has 0 radical (unpaired) electrons. The molecule has 128 valence electrons. The minimum atomic E-state index is -0.952. The molecule has 1 heterocycles. The Balaban J connectivity index is 2.01.